The molecule has 0 aromatic rings. The molecule has 5 atom stereocenters. The van der Waals surface area contributed by atoms with E-state index in [2.05, 4.69) is 9.47 Å². The highest BCUT2D eigenvalue weighted by atomic mass is 16.6. The van der Waals surface area contributed by atoms with Crippen LogP contribution in [0, 0.1) is 11.8 Å². The molecule has 0 radical (unpaired) electrons. The third kappa shape index (κ3) is 3.45. The Morgan fingerprint density at radius 2 is 1.48 bits per heavy atom. The Bertz CT molecular complexity index is 465. The summed E-state index contributed by atoms with van der Waals surface area (Å²) in [5.74, 6) is -10.1. The van der Waals surface area contributed by atoms with E-state index in [0.29, 0.717) is 0 Å². The second-order valence-corrected chi connectivity index (χ2v) is 4.25. The Kier molecular flexibility index (Phi) is 5.18. The van der Waals surface area contributed by atoms with Gasteiger partial charge in [-0.25, -0.2) is 9.59 Å². The Morgan fingerprint density at radius 1 is 1.00 bits per heavy atom. The van der Waals surface area contributed by atoms with E-state index in [-0.39, 0.29) is 6.54 Å². The first-order valence-electron chi connectivity index (χ1n) is 5.70. The molecule has 7 N–H and O–H groups in total. The van der Waals surface area contributed by atoms with Crippen molar-refractivity contribution in [2.45, 2.75) is 18.4 Å². The molecule has 0 aromatic heterocycles. The maximum Gasteiger partial charge on any atom is 0.333 e. The number of hydrogen-bond donors (Lipinski definition) is 5. The van der Waals surface area contributed by atoms with Crippen LogP contribution in [0.3, 0.4) is 0 Å². The van der Waals surface area contributed by atoms with E-state index >= 15 is 0 Å². The van der Waals surface area contributed by atoms with Gasteiger partial charge in [-0.2, -0.15) is 0 Å². The lowest BCUT2D eigenvalue weighted by molar-refractivity contribution is -0.166. The summed E-state index contributed by atoms with van der Waals surface area (Å²) in [4.78, 5) is 45.0. The van der Waals surface area contributed by atoms with Crippen molar-refractivity contribution in [1.29, 1.82) is 0 Å². The van der Waals surface area contributed by atoms with Crippen molar-refractivity contribution in [3.63, 3.8) is 0 Å². The third-order valence-electron chi connectivity index (χ3n) is 2.88. The summed E-state index contributed by atoms with van der Waals surface area (Å²) >= 11 is 0. The summed E-state index contributed by atoms with van der Waals surface area (Å²) < 4.78 is 9.24. The van der Waals surface area contributed by atoms with Gasteiger partial charge in [-0.05, 0) is 0 Å². The first-order chi connectivity index (χ1) is 9.70. The zero-order valence-electron chi connectivity index (χ0n) is 10.5. The van der Waals surface area contributed by atoms with Crippen molar-refractivity contribution in [2.24, 2.45) is 23.3 Å². The number of ether oxygens (including phenoxy) is 2. The summed E-state index contributed by atoms with van der Waals surface area (Å²) in [6.07, 6.45) is -5.23. The molecule has 0 spiro atoms. The number of esters is 1. The molecular formula is C10H14N2O9. The van der Waals surface area contributed by atoms with Crippen LogP contribution in [0.2, 0.25) is 0 Å². The lowest BCUT2D eigenvalue weighted by Crippen LogP contribution is -2.44. The fourth-order valence-corrected chi connectivity index (χ4v) is 1.96. The molecule has 1 saturated heterocycles. The SMILES string of the molecule is NCC(N)OC(=O)C1C(C(=O)O)OC(C(=O)O)C1C(=O)O. The largest absolute Gasteiger partial charge is 0.481 e. The minimum Gasteiger partial charge on any atom is -0.481 e. The molecule has 0 saturated carbocycles. The van der Waals surface area contributed by atoms with Gasteiger partial charge in [0, 0.05) is 6.54 Å². The summed E-state index contributed by atoms with van der Waals surface area (Å²) in [7, 11) is 0. The first-order valence-corrected chi connectivity index (χ1v) is 5.70. The fraction of sp³-hybridized carbons (Fsp3) is 0.600. The van der Waals surface area contributed by atoms with Crippen LogP contribution in [-0.4, -0.2) is 64.2 Å². The monoisotopic (exact) mass is 306 g/mol. The van der Waals surface area contributed by atoms with Crippen molar-refractivity contribution >= 4 is 23.9 Å². The van der Waals surface area contributed by atoms with Crippen LogP contribution in [0.5, 0.6) is 0 Å². The van der Waals surface area contributed by atoms with Gasteiger partial charge in [0.1, 0.15) is 11.8 Å². The number of carboxylic acid groups (broad SMARTS) is 3. The molecule has 11 nitrogen and oxygen atoms in total. The highest BCUT2D eigenvalue weighted by Gasteiger charge is 2.58. The Morgan fingerprint density at radius 3 is 1.86 bits per heavy atom. The topological polar surface area (TPSA) is 199 Å². The number of nitrogens with two attached hydrogens (primary N) is 2. The predicted molar refractivity (Wildman–Crippen MR) is 61.7 cm³/mol. The smallest absolute Gasteiger partial charge is 0.333 e. The maximum absolute atomic E-state index is 11.9. The molecule has 1 rings (SSSR count). The van der Waals surface area contributed by atoms with Gasteiger partial charge < -0.3 is 30.5 Å². The van der Waals surface area contributed by atoms with Crippen LogP contribution in [-0.2, 0) is 28.7 Å². The molecule has 1 aliphatic rings. The van der Waals surface area contributed by atoms with Gasteiger partial charge >= 0.3 is 23.9 Å². The number of rotatable bonds is 6. The highest BCUT2D eigenvalue weighted by molar-refractivity contribution is 5.92. The minimum atomic E-state index is -1.99. The molecule has 5 unspecified atom stereocenters. The first kappa shape index (κ1) is 16.8. The van der Waals surface area contributed by atoms with E-state index in [1.165, 1.54) is 0 Å². The Labute approximate surface area is 117 Å². The van der Waals surface area contributed by atoms with Crippen LogP contribution in [0.4, 0.5) is 0 Å². The second kappa shape index (κ2) is 6.47. The van der Waals surface area contributed by atoms with E-state index in [9.17, 15) is 19.2 Å². The summed E-state index contributed by atoms with van der Waals surface area (Å²) in [6, 6.07) is 0. The Balaban J connectivity index is 3.13. The Hall–Kier alpha value is -2.24. The zero-order chi connectivity index (χ0) is 16.3. The molecule has 0 amide bonds. The second-order valence-electron chi connectivity index (χ2n) is 4.25. The lowest BCUT2D eigenvalue weighted by atomic mass is 9.87. The molecule has 0 bridgehead atoms. The van der Waals surface area contributed by atoms with Crippen LogP contribution < -0.4 is 11.5 Å². The van der Waals surface area contributed by atoms with Gasteiger partial charge in [-0.1, -0.05) is 0 Å². The van der Waals surface area contributed by atoms with Crippen molar-refractivity contribution in [3.8, 4) is 0 Å². The molecule has 0 aromatic carbocycles. The number of hydrogen-bond acceptors (Lipinski definition) is 8. The average molecular weight is 306 g/mol. The summed E-state index contributed by atoms with van der Waals surface area (Å²) in [5.41, 5.74) is 10.4. The lowest BCUT2D eigenvalue weighted by Gasteiger charge is -2.19. The fourth-order valence-electron chi connectivity index (χ4n) is 1.96. The van der Waals surface area contributed by atoms with Crippen LogP contribution >= 0.6 is 0 Å². The van der Waals surface area contributed by atoms with Crippen molar-refractivity contribution in [1.82, 2.24) is 0 Å². The zero-order valence-corrected chi connectivity index (χ0v) is 10.5. The van der Waals surface area contributed by atoms with Gasteiger partial charge in [-0.15, -0.1) is 0 Å². The van der Waals surface area contributed by atoms with Gasteiger partial charge in [0.15, 0.2) is 18.4 Å². The quantitative estimate of drug-likeness (QED) is 0.248. The van der Waals surface area contributed by atoms with E-state index in [0.717, 1.165) is 0 Å². The van der Waals surface area contributed by atoms with Gasteiger partial charge in [0.2, 0.25) is 0 Å². The van der Waals surface area contributed by atoms with Crippen LogP contribution in [0.1, 0.15) is 0 Å². The van der Waals surface area contributed by atoms with E-state index in [1.54, 1.807) is 0 Å². The number of carbonyl (C=O) groups is 4. The van der Waals surface area contributed by atoms with Crippen molar-refractivity contribution < 1.29 is 44.0 Å². The van der Waals surface area contributed by atoms with Crippen molar-refractivity contribution in [2.75, 3.05) is 6.54 Å². The molecule has 0 aliphatic carbocycles. The molecular weight excluding hydrogens is 292 g/mol. The standard InChI is InChI=1S/C10H14N2O9/c11-1-2(12)20-10(19)4-3(7(13)14)5(8(15)16)21-6(4)9(17)18/h2-6H,1,11-12H2,(H,13,14)(H,15,16)(H,17,18). The maximum atomic E-state index is 11.9. The van der Waals surface area contributed by atoms with E-state index in [1.807, 2.05) is 0 Å². The van der Waals surface area contributed by atoms with Crippen molar-refractivity contribution in [3.05, 3.63) is 0 Å². The molecule has 118 valence electrons. The van der Waals surface area contributed by atoms with E-state index in [4.69, 9.17) is 26.8 Å². The molecule has 1 heterocycles. The number of carboxylic acids is 3. The average Bonchev–Trinajstić information content (AvgIpc) is 2.79. The van der Waals surface area contributed by atoms with Crippen LogP contribution in [0.15, 0.2) is 0 Å². The number of aliphatic carboxylic acids is 3. The highest BCUT2D eigenvalue weighted by Crippen LogP contribution is 2.34. The molecule has 1 aliphatic heterocycles. The van der Waals surface area contributed by atoms with Gasteiger partial charge in [0.05, 0.1) is 0 Å². The summed E-state index contributed by atoms with van der Waals surface area (Å²) in [5, 5.41) is 26.9. The summed E-state index contributed by atoms with van der Waals surface area (Å²) in [6.45, 7) is -0.281. The van der Waals surface area contributed by atoms with Gasteiger partial charge in [0.25, 0.3) is 0 Å². The molecule has 1 fully saturated rings. The van der Waals surface area contributed by atoms with Gasteiger partial charge in [-0.3, -0.25) is 15.3 Å². The normalized spacial score (nSPS) is 29.6. The third-order valence-corrected chi connectivity index (χ3v) is 2.88. The minimum absolute atomic E-state index is 0.281. The predicted octanol–water partition coefficient (Wildman–Crippen LogP) is -2.97. The number of carbonyl (C=O) groups excluding carboxylic acids is 1. The molecule has 11 heteroatoms. The van der Waals surface area contributed by atoms with Crippen LogP contribution in [0.25, 0.3) is 0 Å². The van der Waals surface area contributed by atoms with E-state index < -0.39 is 54.1 Å². The molecule has 21 heavy (non-hydrogen) atoms.